The fraction of sp³-hybridized carbons (Fsp3) is 0.200. The third-order valence-corrected chi connectivity index (χ3v) is 4.34. The largest absolute Gasteiger partial charge is 0.143 e. The highest BCUT2D eigenvalue weighted by Gasteiger charge is 2.08. The third-order valence-electron chi connectivity index (χ3n) is 2.09. The monoisotopic (exact) mass is 322 g/mol. The van der Waals surface area contributed by atoms with E-state index in [9.17, 15) is 0 Å². The molecule has 0 aliphatic rings. The molecule has 0 saturated heterocycles. The fourth-order valence-electron chi connectivity index (χ4n) is 1.45. The first-order chi connectivity index (χ1) is 6.24. The van der Waals surface area contributed by atoms with Crippen LogP contribution in [-0.4, -0.2) is 0 Å². The summed E-state index contributed by atoms with van der Waals surface area (Å²) >= 11 is 10.3. The molecule has 0 fully saturated rings. The number of benzene rings is 1. The molecule has 3 heteroatoms. The number of hydrogen-bond donors (Lipinski definition) is 0. The summed E-state index contributed by atoms with van der Waals surface area (Å²) in [4.78, 5) is 0. The van der Waals surface area contributed by atoms with Crippen molar-refractivity contribution in [1.82, 2.24) is 0 Å². The summed E-state index contributed by atoms with van der Waals surface area (Å²) in [5.41, 5.74) is 1.43. The molecule has 0 bridgehead atoms. The van der Waals surface area contributed by atoms with Crippen molar-refractivity contribution in [1.29, 1.82) is 0 Å². The average Bonchev–Trinajstić information content (AvgIpc) is 2.53. The van der Waals surface area contributed by atoms with E-state index in [2.05, 4.69) is 47.0 Å². The van der Waals surface area contributed by atoms with E-state index in [1.165, 1.54) is 19.2 Å². The summed E-state index contributed by atoms with van der Waals surface area (Å²) in [6.07, 6.45) is 1.08. The summed E-state index contributed by atoms with van der Waals surface area (Å²) in [5.74, 6) is 0. The van der Waals surface area contributed by atoms with Crippen LogP contribution in [0.15, 0.2) is 17.5 Å². The van der Waals surface area contributed by atoms with Crippen molar-refractivity contribution in [2.45, 2.75) is 13.3 Å². The van der Waals surface area contributed by atoms with Gasteiger partial charge < -0.3 is 0 Å². The van der Waals surface area contributed by atoms with E-state index in [0.717, 1.165) is 11.4 Å². The van der Waals surface area contributed by atoms with E-state index in [4.69, 9.17) is 11.6 Å². The molecule has 0 radical (unpaired) electrons. The molecular formula is C10H8ClIS. The van der Waals surface area contributed by atoms with Gasteiger partial charge in [0.15, 0.2) is 0 Å². The van der Waals surface area contributed by atoms with Gasteiger partial charge >= 0.3 is 0 Å². The second kappa shape index (κ2) is 3.75. The Bertz CT molecular complexity index is 447. The number of halogens is 2. The number of rotatable bonds is 1. The number of thiophene rings is 1. The lowest BCUT2D eigenvalue weighted by atomic mass is 10.1. The molecule has 68 valence electrons. The highest BCUT2D eigenvalue weighted by Crippen LogP contribution is 2.34. The van der Waals surface area contributed by atoms with Crippen molar-refractivity contribution in [3.63, 3.8) is 0 Å². The molecule has 2 aromatic rings. The Kier molecular flexibility index (Phi) is 2.81. The first-order valence-corrected chi connectivity index (χ1v) is 6.41. The minimum atomic E-state index is 0.873. The first-order valence-electron chi connectivity index (χ1n) is 4.08. The van der Waals surface area contributed by atoms with Crippen LogP contribution in [0.4, 0.5) is 0 Å². The molecule has 1 heterocycles. The van der Waals surface area contributed by atoms with Gasteiger partial charge in [-0.15, -0.1) is 11.3 Å². The Morgan fingerprint density at radius 2 is 2.31 bits per heavy atom. The van der Waals surface area contributed by atoms with Crippen LogP contribution in [0.1, 0.15) is 12.5 Å². The van der Waals surface area contributed by atoms with Crippen molar-refractivity contribution in [3.05, 3.63) is 31.7 Å². The molecule has 13 heavy (non-hydrogen) atoms. The molecule has 1 aromatic heterocycles. The van der Waals surface area contributed by atoms with Crippen molar-refractivity contribution in [3.8, 4) is 0 Å². The van der Waals surface area contributed by atoms with Gasteiger partial charge in [0.05, 0.1) is 5.02 Å². The van der Waals surface area contributed by atoms with Gasteiger partial charge in [-0.3, -0.25) is 0 Å². The summed E-state index contributed by atoms with van der Waals surface area (Å²) in [7, 11) is 0. The van der Waals surface area contributed by atoms with Crippen LogP contribution in [-0.2, 0) is 6.42 Å². The third kappa shape index (κ3) is 1.60. The molecule has 0 N–H and O–H groups in total. The smallest absolute Gasteiger partial charge is 0.0503 e. The van der Waals surface area contributed by atoms with E-state index in [1.54, 1.807) is 11.3 Å². The topological polar surface area (TPSA) is 0 Å². The predicted octanol–water partition coefficient (Wildman–Crippen LogP) is 4.72. The zero-order chi connectivity index (χ0) is 9.42. The van der Waals surface area contributed by atoms with Crippen LogP contribution < -0.4 is 0 Å². The maximum atomic E-state index is 6.13. The van der Waals surface area contributed by atoms with E-state index in [0.29, 0.717) is 0 Å². The lowest BCUT2D eigenvalue weighted by Crippen LogP contribution is -1.86. The van der Waals surface area contributed by atoms with Crippen molar-refractivity contribution >= 4 is 55.6 Å². The molecular weight excluding hydrogens is 315 g/mol. The van der Waals surface area contributed by atoms with Gasteiger partial charge in [-0.2, -0.15) is 0 Å². The van der Waals surface area contributed by atoms with Gasteiger partial charge in [-0.25, -0.2) is 0 Å². The molecule has 2 rings (SSSR count). The maximum absolute atomic E-state index is 6.13. The van der Waals surface area contributed by atoms with Crippen LogP contribution in [0.25, 0.3) is 10.1 Å². The summed E-state index contributed by atoms with van der Waals surface area (Å²) < 4.78 is 2.62. The highest BCUT2D eigenvalue weighted by atomic mass is 127. The van der Waals surface area contributed by atoms with Crippen LogP contribution in [0.2, 0.25) is 5.02 Å². The van der Waals surface area contributed by atoms with Gasteiger partial charge in [-0.05, 0) is 52.1 Å². The van der Waals surface area contributed by atoms with Crippen molar-refractivity contribution < 1.29 is 0 Å². The van der Waals surface area contributed by atoms with Crippen LogP contribution in [0, 0.1) is 3.57 Å². The zero-order valence-corrected chi connectivity index (χ0v) is 10.8. The molecule has 0 nitrogen and oxygen atoms in total. The molecule has 0 atom stereocenters. The van der Waals surface area contributed by atoms with Gasteiger partial charge in [-0.1, -0.05) is 18.5 Å². The second-order valence-corrected chi connectivity index (χ2v) is 5.32. The Morgan fingerprint density at radius 1 is 1.54 bits per heavy atom. The molecule has 1 aromatic carbocycles. The molecule has 0 aliphatic carbocycles. The van der Waals surface area contributed by atoms with Crippen LogP contribution in [0.5, 0.6) is 0 Å². The Hall–Kier alpha value is 0.200. The quantitative estimate of drug-likeness (QED) is 0.666. The van der Waals surface area contributed by atoms with Crippen molar-refractivity contribution in [2.75, 3.05) is 0 Å². The normalized spacial score (nSPS) is 11.0. The highest BCUT2D eigenvalue weighted by molar-refractivity contribution is 14.1. The van der Waals surface area contributed by atoms with Gasteiger partial charge in [0.1, 0.15) is 0 Å². The molecule has 0 amide bonds. The SMILES string of the molecule is CCc1c(I)cc(Cl)c2ccsc12. The van der Waals surface area contributed by atoms with Crippen LogP contribution >= 0.6 is 45.5 Å². The van der Waals surface area contributed by atoms with E-state index < -0.39 is 0 Å². The van der Waals surface area contributed by atoms with Crippen LogP contribution in [0.3, 0.4) is 0 Å². The Labute approximate surface area is 100 Å². The van der Waals surface area contributed by atoms with Gasteiger partial charge in [0, 0.05) is 13.7 Å². The zero-order valence-electron chi connectivity index (χ0n) is 7.10. The average molecular weight is 323 g/mol. The Balaban J connectivity index is 2.88. The number of hydrogen-bond acceptors (Lipinski definition) is 1. The minimum absolute atomic E-state index is 0.873. The first kappa shape index (κ1) is 9.74. The lowest BCUT2D eigenvalue weighted by Gasteiger charge is -2.04. The summed E-state index contributed by atoms with van der Waals surface area (Å²) in [5, 5.41) is 4.17. The second-order valence-electron chi connectivity index (χ2n) is 2.84. The summed E-state index contributed by atoms with van der Waals surface area (Å²) in [6, 6.07) is 4.15. The fourth-order valence-corrected chi connectivity index (χ4v) is 4.14. The molecule has 0 spiro atoms. The van der Waals surface area contributed by atoms with Crippen molar-refractivity contribution in [2.24, 2.45) is 0 Å². The molecule has 0 unspecified atom stereocenters. The van der Waals surface area contributed by atoms with E-state index in [1.807, 2.05) is 0 Å². The molecule has 0 aliphatic heterocycles. The standard InChI is InChI=1S/C10H8ClIS/c1-2-6-9(12)5-8(11)7-3-4-13-10(6)7/h3-5H,2H2,1H3. The Morgan fingerprint density at radius 3 is 3.00 bits per heavy atom. The van der Waals surface area contributed by atoms with E-state index in [-0.39, 0.29) is 0 Å². The van der Waals surface area contributed by atoms with E-state index >= 15 is 0 Å². The number of aryl methyl sites for hydroxylation is 1. The minimum Gasteiger partial charge on any atom is -0.143 e. The maximum Gasteiger partial charge on any atom is 0.0503 e. The number of fused-ring (bicyclic) bond motifs is 1. The molecule has 0 saturated carbocycles. The lowest BCUT2D eigenvalue weighted by molar-refractivity contribution is 1.15. The van der Waals surface area contributed by atoms with Gasteiger partial charge in [0.25, 0.3) is 0 Å². The predicted molar refractivity (Wildman–Crippen MR) is 68.9 cm³/mol. The van der Waals surface area contributed by atoms with Gasteiger partial charge in [0.2, 0.25) is 0 Å². The summed E-state index contributed by atoms with van der Waals surface area (Å²) in [6.45, 7) is 2.19.